The Morgan fingerprint density at radius 3 is 2.56 bits per heavy atom. The van der Waals surface area contributed by atoms with E-state index in [2.05, 4.69) is 5.32 Å². The minimum absolute atomic E-state index is 0.122. The predicted molar refractivity (Wildman–Crippen MR) is 68.1 cm³/mol. The molecule has 0 aliphatic heterocycles. The highest BCUT2D eigenvalue weighted by molar-refractivity contribution is 5.22. The van der Waals surface area contributed by atoms with Crippen LogP contribution in [0.25, 0.3) is 0 Å². The third-order valence-electron chi connectivity index (χ3n) is 3.63. The standard InChI is InChI=1S/C14H20F2N2/c1-9(14-12(15)6-3-7-13(14)16)18-11-5-2-4-10(17)8-11/h3,6-7,9-11,18H,2,4-5,8,17H2,1H3. The largest absolute Gasteiger partial charge is 0.328 e. The molecule has 3 unspecified atom stereocenters. The first-order valence-electron chi connectivity index (χ1n) is 6.53. The van der Waals surface area contributed by atoms with E-state index in [0.717, 1.165) is 25.7 Å². The van der Waals surface area contributed by atoms with Crippen LogP contribution in [0.5, 0.6) is 0 Å². The molecule has 18 heavy (non-hydrogen) atoms. The van der Waals surface area contributed by atoms with E-state index in [9.17, 15) is 8.78 Å². The number of halogens is 2. The van der Waals surface area contributed by atoms with Crippen molar-refractivity contribution in [2.75, 3.05) is 0 Å². The molecule has 1 aliphatic rings. The third kappa shape index (κ3) is 3.06. The summed E-state index contributed by atoms with van der Waals surface area (Å²) in [5, 5.41) is 3.29. The van der Waals surface area contributed by atoms with Crippen LogP contribution in [-0.2, 0) is 0 Å². The summed E-state index contributed by atoms with van der Waals surface area (Å²) in [5.41, 5.74) is 6.03. The molecule has 0 heterocycles. The molecule has 3 atom stereocenters. The molecular formula is C14H20F2N2. The first-order valence-corrected chi connectivity index (χ1v) is 6.53. The molecule has 1 fully saturated rings. The zero-order valence-corrected chi connectivity index (χ0v) is 10.6. The van der Waals surface area contributed by atoms with Gasteiger partial charge in [0.25, 0.3) is 0 Å². The molecule has 100 valence electrons. The fraction of sp³-hybridized carbons (Fsp3) is 0.571. The van der Waals surface area contributed by atoms with Gasteiger partial charge in [-0.25, -0.2) is 8.78 Å². The molecule has 1 aromatic rings. The molecule has 1 saturated carbocycles. The summed E-state index contributed by atoms with van der Waals surface area (Å²) in [6.45, 7) is 1.79. The fourth-order valence-corrected chi connectivity index (χ4v) is 2.74. The zero-order chi connectivity index (χ0) is 13.1. The maximum absolute atomic E-state index is 13.6. The second-order valence-electron chi connectivity index (χ2n) is 5.15. The molecule has 0 spiro atoms. The van der Waals surface area contributed by atoms with Gasteiger partial charge in [0.2, 0.25) is 0 Å². The summed E-state index contributed by atoms with van der Waals surface area (Å²) >= 11 is 0. The van der Waals surface area contributed by atoms with E-state index >= 15 is 0 Å². The summed E-state index contributed by atoms with van der Waals surface area (Å²) < 4.78 is 27.3. The van der Waals surface area contributed by atoms with E-state index in [-0.39, 0.29) is 23.7 Å². The van der Waals surface area contributed by atoms with Gasteiger partial charge in [-0.1, -0.05) is 12.5 Å². The zero-order valence-electron chi connectivity index (χ0n) is 10.6. The lowest BCUT2D eigenvalue weighted by molar-refractivity contribution is 0.313. The van der Waals surface area contributed by atoms with Crippen molar-refractivity contribution in [2.24, 2.45) is 5.73 Å². The Bertz CT molecular complexity index is 389. The second kappa shape index (κ2) is 5.76. The molecule has 0 saturated heterocycles. The van der Waals surface area contributed by atoms with E-state index in [1.165, 1.54) is 18.2 Å². The molecule has 4 heteroatoms. The molecule has 0 amide bonds. The molecule has 3 N–H and O–H groups in total. The maximum atomic E-state index is 13.6. The Kier molecular flexibility index (Phi) is 4.30. The predicted octanol–water partition coefficient (Wildman–Crippen LogP) is 2.89. The van der Waals surface area contributed by atoms with Gasteiger partial charge in [0, 0.05) is 23.7 Å². The van der Waals surface area contributed by atoms with Crippen LogP contribution in [0.15, 0.2) is 18.2 Å². The molecule has 2 rings (SSSR count). The number of benzene rings is 1. The van der Waals surface area contributed by atoms with Crippen LogP contribution >= 0.6 is 0 Å². The smallest absolute Gasteiger partial charge is 0.130 e. The minimum Gasteiger partial charge on any atom is -0.328 e. The average molecular weight is 254 g/mol. The van der Waals surface area contributed by atoms with Gasteiger partial charge in [-0.05, 0) is 38.3 Å². The van der Waals surface area contributed by atoms with Crippen LogP contribution in [0.4, 0.5) is 8.78 Å². The fourth-order valence-electron chi connectivity index (χ4n) is 2.74. The summed E-state index contributed by atoms with van der Waals surface area (Å²) in [6, 6.07) is 4.10. The van der Waals surface area contributed by atoms with Crippen LogP contribution in [-0.4, -0.2) is 12.1 Å². The monoisotopic (exact) mass is 254 g/mol. The van der Waals surface area contributed by atoms with Gasteiger partial charge >= 0.3 is 0 Å². The highest BCUT2D eigenvalue weighted by Gasteiger charge is 2.23. The summed E-state index contributed by atoms with van der Waals surface area (Å²) in [4.78, 5) is 0. The van der Waals surface area contributed by atoms with E-state index in [4.69, 9.17) is 5.73 Å². The van der Waals surface area contributed by atoms with E-state index in [1.807, 2.05) is 0 Å². The Labute approximate surface area is 107 Å². The summed E-state index contributed by atoms with van der Waals surface area (Å²) in [6.07, 6.45) is 4.01. The van der Waals surface area contributed by atoms with Gasteiger partial charge in [-0.15, -0.1) is 0 Å². The van der Waals surface area contributed by atoms with Gasteiger partial charge < -0.3 is 11.1 Å². The van der Waals surface area contributed by atoms with Crippen molar-refractivity contribution < 1.29 is 8.78 Å². The highest BCUT2D eigenvalue weighted by atomic mass is 19.1. The minimum atomic E-state index is -0.491. The van der Waals surface area contributed by atoms with Crippen molar-refractivity contribution >= 4 is 0 Å². The van der Waals surface area contributed by atoms with Crippen LogP contribution in [0.1, 0.15) is 44.2 Å². The number of nitrogens with two attached hydrogens (primary N) is 1. The van der Waals surface area contributed by atoms with Gasteiger partial charge in [-0.2, -0.15) is 0 Å². The van der Waals surface area contributed by atoms with Crippen LogP contribution in [0.3, 0.4) is 0 Å². The van der Waals surface area contributed by atoms with Gasteiger partial charge in [0.05, 0.1) is 0 Å². The lowest BCUT2D eigenvalue weighted by Gasteiger charge is -2.30. The highest BCUT2D eigenvalue weighted by Crippen LogP contribution is 2.24. The molecule has 0 aromatic heterocycles. The van der Waals surface area contributed by atoms with Crippen molar-refractivity contribution in [1.29, 1.82) is 0 Å². The lowest BCUT2D eigenvalue weighted by atomic mass is 9.90. The number of nitrogens with one attached hydrogen (secondary N) is 1. The number of hydrogen-bond donors (Lipinski definition) is 2. The van der Waals surface area contributed by atoms with Crippen LogP contribution in [0, 0.1) is 11.6 Å². The normalized spacial score (nSPS) is 26.0. The Morgan fingerprint density at radius 2 is 1.94 bits per heavy atom. The Morgan fingerprint density at radius 1 is 1.28 bits per heavy atom. The maximum Gasteiger partial charge on any atom is 0.130 e. The van der Waals surface area contributed by atoms with E-state index < -0.39 is 11.6 Å². The molecule has 1 aliphatic carbocycles. The molecule has 2 nitrogen and oxygen atoms in total. The summed E-state index contributed by atoms with van der Waals surface area (Å²) in [5.74, 6) is -0.981. The van der Waals surface area contributed by atoms with Gasteiger partial charge in [-0.3, -0.25) is 0 Å². The van der Waals surface area contributed by atoms with Crippen molar-refractivity contribution in [2.45, 2.75) is 50.7 Å². The van der Waals surface area contributed by atoms with Crippen LogP contribution in [0.2, 0.25) is 0 Å². The molecular weight excluding hydrogens is 234 g/mol. The topological polar surface area (TPSA) is 38.0 Å². The average Bonchev–Trinajstić information content (AvgIpc) is 2.28. The Hall–Kier alpha value is -1.00. The van der Waals surface area contributed by atoms with Crippen molar-refractivity contribution in [3.63, 3.8) is 0 Å². The van der Waals surface area contributed by atoms with E-state index in [1.54, 1.807) is 6.92 Å². The third-order valence-corrected chi connectivity index (χ3v) is 3.63. The second-order valence-corrected chi connectivity index (χ2v) is 5.15. The number of hydrogen-bond acceptors (Lipinski definition) is 2. The van der Waals surface area contributed by atoms with Crippen LogP contribution < -0.4 is 11.1 Å². The first-order chi connectivity index (χ1) is 8.58. The van der Waals surface area contributed by atoms with E-state index in [0.29, 0.717) is 0 Å². The van der Waals surface area contributed by atoms with Crippen molar-refractivity contribution in [3.8, 4) is 0 Å². The lowest BCUT2D eigenvalue weighted by Crippen LogP contribution is -2.40. The van der Waals surface area contributed by atoms with Crippen molar-refractivity contribution in [3.05, 3.63) is 35.4 Å². The SMILES string of the molecule is CC(NC1CCCC(N)C1)c1c(F)cccc1F. The first kappa shape index (κ1) is 13.4. The quantitative estimate of drug-likeness (QED) is 0.870. The van der Waals surface area contributed by atoms with Crippen molar-refractivity contribution in [1.82, 2.24) is 5.32 Å². The molecule has 0 radical (unpaired) electrons. The molecule has 0 bridgehead atoms. The summed E-state index contributed by atoms with van der Waals surface area (Å²) in [7, 11) is 0. The molecule has 1 aromatic carbocycles. The van der Waals surface area contributed by atoms with Gasteiger partial charge in [0.1, 0.15) is 11.6 Å². The number of rotatable bonds is 3. The van der Waals surface area contributed by atoms with Gasteiger partial charge in [0.15, 0.2) is 0 Å². The Balaban J connectivity index is 2.05.